The Morgan fingerprint density at radius 2 is 1.53 bits per heavy atom. The molecular weight excluding hydrogens is 452 g/mol. The first-order valence-electron chi connectivity index (χ1n) is 12.4. The van der Waals surface area contributed by atoms with Gasteiger partial charge in [0.2, 0.25) is 5.91 Å². The van der Waals surface area contributed by atoms with Crippen LogP contribution in [0.2, 0.25) is 0 Å². The zero-order chi connectivity index (χ0) is 24.4. The molecule has 4 aromatic rings. The fourth-order valence-corrected chi connectivity index (χ4v) is 4.87. The van der Waals surface area contributed by atoms with Crippen LogP contribution in [-0.2, 0) is 21.6 Å². The number of aromatic nitrogens is 1. The van der Waals surface area contributed by atoms with Crippen LogP contribution >= 0.6 is 0 Å². The maximum Gasteiger partial charge on any atom is 0.236 e. The van der Waals surface area contributed by atoms with Crippen molar-refractivity contribution in [3.05, 3.63) is 96.3 Å². The van der Waals surface area contributed by atoms with Crippen LogP contribution in [0.3, 0.4) is 0 Å². The Balaban J connectivity index is 1.32. The van der Waals surface area contributed by atoms with Gasteiger partial charge in [0.25, 0.3) is 0 Å². The van der Waals surface area contributed by atoms with Gasteiger partial charge >= 0.3 is 0 Å². The van der Waals surface area contributed by atoms with Crippen LogP contribution in [-0.4, -0.2) is 42.3 Å². The topological polar surface area (TPSA) is 64.8 Å². The molecule has 1 aliphatic carbocycles. The van der Waals surface area contributed by atoms with Crippen molar-refractivity contribution in [2.75, 3.05) is 26.3 Å². The molecule has 0 spiro atoms. The van der Waals surface area contributed by atoms with Gasteiger partial charge in [-0.15, -0.1) is 0 Å². The van der Waals surface area contributed by atoms with Gasteiger partial charge in [-0.1, -0.05) is 65.8 Å². The van der Waals surface area contributed by atoms with Gasteiger partial charge in [0.1, 0.15) is 23.5 Å². The van der Waals surface area contributed by atoms with Crippen LogP contribution in [0.25, 0.3) is 22.4 Å². The van der Waals surface area contributed by atoms with Gasteiger partial charge in [0.15, 0.2) is 5.76 Å². The standard InChI is InChI=1S/C30H28N2O4/c33-29(32-17-19-34-20-18-32)30(15-16-30)28-26(23-9-5-2-6-10-23)27(31-36-28)24-11-13-25(14-12-24)35-21-22-7-3-1-4-8-22/h1-14H,15-21H2. The first-order valence-corrected chi connectivity index (χ1v) is 12.4. The Hall–Kier alpha value is -3.90. The number of carbonyl (C=O) groups excluding carboxylic acids is 1. The highest BCUT2D eigenvalue weighted by atomic mass is 16.5. The fraction of sp³-hybridized carbons (Fsp3) is 0.267. The smallest absolute Gasteiger partial charge is 0.236 e. The van der Waals surface area contributed by atoms with Crippen LogP contribution in [0.1, 0.15) is 24.2 Å². The molecular formula is C30H28N2O4. The molecule has 0 atom stereocenters. The summed E-state index contributed by atoms with van der Waals surface area (Å²) >= 11 is 0. The fourth-order valence-electron chi connectivity index (χ4n) is 4.87. The molecule has 6 nitrogen and oxygen atoms in total. The summed E-state index contributed by atoms with van der Waals surface area (Å²) in [6.45, 7) is 2.90. The number of ether oxygens (including phenoxy) is 2. The molecule has 2 fully saturated rings. The van der Waals surface area contributed by atoms with Crippen molar-refractivity contribution in [1.29, 1.82) is 0 Å². The summed E-state index contributed by atoms with van der Waals surface area (Å²) in [5.74, 6) is 1.58. The van der Waals surface area contributed by atoms with Crippen molar-refractivity contribution in [1.82, 2.24) is 10.1 Å². The molecule has 1 amide bonds. The maximum absolute atomic E-state index is 13.6. The molecule has 0 radical (unpaired) electrons. The molecule has 36 heavy (non-hydrogen) atoms. The zero-order valence-corrected chi connectivity index (χ0v) is 20.1. The lowest BCUT2D eigenvalue weighted by atomic mass is 9.91. The summed E-state index contributed by atoms with van der Waals surface area (Å²) in [5.41, 5.74) is 4.03. The normalized spacial score (nSPS) is 16.5. The summed E-state index contributed by atoms with van der Waals surface area (Å²) in [4.78, 5) is 15.5. The molecule has 0 bridgehead atoms. The molecule has 1 aliphatic heterocycles. The van der Waals surface area contributed by atoms with Crippen LogP contribution in [0.5, 0.6) is 5.75 Å². The molecule has 2 heterocycles. The van der Waals surface area contributed by atoms with Gasteiger partial charge in [0.05, 0.1) is 18.8 Å². The van der Waals surface area contributed by atoms with Crippen molar-refractivity contribution in [2.45, 2.75) is 24.9 Å². The number of hydrogen-bond donors (Lipinski definition) is 0. The number of rotatable bonds is 7. The Bertz CT molecular complexity index is 1320. The van der Waals surface area contributed by atoms with Gasteiger partial charge in [-0.3, -0.25) is 4.79 Å². The monoisotopic (exact) mass is 480 g/mol. The third-order valence-electron chi connectivity index (χ3n) is 7.02. The molecule has 3 aromatic carbocycles. The average molecular weight is 481 g/mol. The van der Waals surface area contributed by atoms with E-state index in [0.717, 1.165) is 46.5 Å². The van der Waals surface area contributed by atoms with Crippen LogP contribution in [0, 0.1) is 0 Å². The highest BCUT2D eigenvalue weighted by Gasteiger charge is 2.58. The van der Waals surface area contributed by atoms with E-state index in [2.05, 4.69) is 5.16 Å². The predicted octanol–water partition coefficient (Wildman–Crippen LogP) is 5.48. The van der Waals surface area contributed by atoms with Crippen LogP contribution in [0.15, 0.2) is 89.5 Å². The average Bonchev–Trinajstić information content (AvgIpc) is 3.64. The minimum absolute atomic E-state index is 0.121. The van der Waals surface area contributed by atoms with Gasteiger partial charge in [-0.25, -0.2) is 0 Å². The van der Waals surface area contributed by atoms with Crippen molar-refractivity contribution < 1.29 is 18.8 Å². The SMILES string of the molecule is O=C(N1CCOCC1)C1(c2onc(-c3ccc(OCc4ccccc4)cc3)c2-c2ccccc2)CC1. The van der Waals surface area contributed by atoms with E-state index in [4.69, 9.17) is 14.0 Å². The van der Waals surface area contributed by atoms with E-state index in [0.29, 0.717) is 38.7 Å². The number of carbonyl (C=O) groups is 1. The van der Waals surface area contributed by atoms with E-state index in [1.165, 1.54) is 0 Å². The number of morpholine rings is 1. The highest BCUT2D eigenvalue weighted by Crippen LogP contribution is 2.54. The van der Waals surface area contributed by atoms with Crippen LogP contribution in [0.4, 0.5) is 0 Å². The lowest BCUT2D eigenvalue weighted by Crippen LogP contribution is -2.45. The quantitative estimate of drug-likeness (QED) is 0.351. The molecule has 1 saturated carbocycles. The number of benzene rings is 3. The second kappa shape index (κ2) is 9.63. The van der Waals surface area contributed by atoms with Crippen molar-refractivity contribution in [3.8, 4) is 28.1 Å². The van der Waals surface area contributed by atoms with E-state index in [9.17, 15) is 4.79 Å². The van der Waals surface area contributed by atoms with Gasteiger partial charge in [0, 0.05) is 18.7 Å². The minimum Gasteiger partial charge on any atom is -0.489 e. The summed E-state index contributed by atoms with van der Waals surface area (Å²) < 4.78 is 17.4. The van der Waals surface area contributed by atoms with Crippen molar-refractivity contribution >= 4 is 5.91 Å². The summed E-state index contributed by atoms with van der Waals surface area (Å²) in [6.07, 6.45) is 1.54. The highest BCUT2D eigenvalue weighted by molar-refractivity contribution is 5.95. The molecule has 182 valence electrons. The Labute approximate surface area is 210 Å². The summed E-state index contributed by atoms with van der Waals surface area (Å²) in [6, 6.07) is 28.1. The Kier molecular flexibility index (Phi) is 6.03. The first kappa shape index (κ1) is 22.6. The van der Waals surface area contributed by atoms with Gasteiger partial charge in [-0.05, 0) is 48.2 Å². The minimum atomic E-state index is -0.646. The Morgan fingerprint density at radius 3 is 2.19 bits per heavy atom. The molecule has 1 aromatic heterocycles. The van der Waals surface area contributed by atoms with Crippen molar-refractivity contribution in [2.24, 2.45) is 0 Å². The van der Waals surface area contributed by atoms with Gasteiger partial charge in [-0.2, -0.15) is 0 Å². The molecule has 6 rings (SSSR count). The second-order valence-electron chi connectivity index (χ2n) is 9.39. The third kappa shape index (κ3) is 4.29. The zero-order valence-electron chi connectivity index (χ0n) is 20.1. The largest absolute Gasteiger partial charge is 0.489 e. The molecule has 6 heteroatoms. The van der Waals surface area contributed by atoms with E-state index in [1.54, 1.807) is 0 Å². The molecule has 1 saturated heterocycles. The van der Waals surface area contributed by atoms with Crippen molar-refractivity contribution in [3.63, 3.8) is 0 Å². The summed E-state index contributed by atoms with van der Waals surface area (Å²) in [7, 11) is 0. The van der Waals surface area contributed by atoms with E-state index < -0.39 is 5.41 Å². The molecule has 0 unspecified atom stereocenters. The lowest BCUT2D eigenvalue weighted by Gasteiger charge is -2.30. The van der Waals surface area contributed by atoms with E-state index in [1.807, 2.05) is 89.8 Å². The maximum atomic E-state index is 13.6. The van der Waals surface area contributed by atoms with E-state index >= 15 is 0 Å². The second-order valence-corrected chi connectivity index (χ2v) is 9.39. The van der Waals surface area contributed by atoms with E-state index in [-0.39, 0.29) is 5.91 Å². The number of hydrogen-bond acceptors (Lipinski definition) is 5. The Morgan fingerprint density at radius 1 is 0.861 bits per heavy atom. The number of amides is 1. The lowest BCUT2D eigenvalue weighted by molar-refractivity contribution is -0.138. The van der Waals surface area contributed by atoms with Gasteiger partial charge < -0.3 is 18.9 Å². The molecule has 0 N–H and O–H groups in total. The third-order valence-corrected chi connectivity index (χ3v) is 7.02. The summed E-state index contributed by atoms with van der Waals surface area (Å²) in [5, 5.41) is 4.51. The van der Waals surface area contributed by atoms with Crippen LogP contribution < -0.4 is 4.74 Å². The number of nitrogens with zero attached hydrogens (tertiary/aromatic N) is 2. The predicted molar refractivity (Wildman–Crippen MR) is 136 cm³/mol. The molecule has 2 aliphatic rings. The first-order chi connectivity index (χ1) is 17.7.